The second-order valence-corrected chi connectivity index (χ2v) is 5.06. The van der Waals surface area contributed by atoms with Gasteiger partial charge in [0.05, 0.1) is 0 Å². The lowest BCUT2D eigenvalue weighted by atomic mass is 10.1. The number of hydrogen-bond donors (Lipinski definition) is 0. The Morgan fingerprint density at radius 3 is 2.20 bits per heavy atom. The first-order valence-corrected chi connectivity index (χ1v) is 6.89. The fourth-order valence-corrected chi connectivity index (χ4v) is 2.50. The molecule has 1 amide bonds. The molecule has 0 aromatic heterocycles. The van der Waals surface area contributed by atoms with Gasteiger partial charge in [0, 0.05) is 13.1 Å². The fourth-order valence-electron chi connectivity index (χ4n) is 2.50. The van der Waals surface area contributed by atoms with Crippen LogP contribution in [0, 0.1) is 0 Å². The van der Waals surface area contributed by atoms with Crippen molar-refractivity contribution in [3.05, 3.63) is 83.4 Å². The molecule has 1 heterocycles. The van der Waals surface area contributed by atoms with E-state index in [0.717, 1.165) is 19.5 Å². The Balaban J connectivity index is 1.59. The highest BCUT2D eigenvalue weighted by atomic mass is 16.2. The maximum absolute atomic E-state index is 12.1. The number of fused-ring (bicyclic) bond motifs is 1. The molecule has 3 rings (SSSR count). The molecule has 0 bridgehead atoms. The van der Waals surface area contributed by atoms with Crippen molar-refractivity contribution in [2.75, 3.05) is 0 Å². The van der Waals surface area contributed by atoms with Crippen molar-refractivity contribution in [2.45, 2.75) is 19.5 Å². The van der Waals surface area contributed by atoms with E-state index in [1.54, 1.807) is 6.08 Å². The largest absolute Gasteiger partial charge is 0.330 e. The van der Waals surface area contributed by atoms with Gasteiger partial charge in [0.2, 0.25) is 5.91 Å². The van der Waals surface area contributed by atoms with E-state index in [1.807, 2.05) is 41.3 Å². The van der Waals surface area contributed by atoms with E-state index >= 15 is 0 Å². The SMILES string of the molecule is O=C(/C=C/Cc1ccccc1)N1Cc2ccccc2C1. The standard InChI is InChI=1S/C18H17NO/c20-18(12-6-9-15-7-2-1-3-8-15)19-13-16-10-4-5-11-17(16)14-19/h1-8,10-12H,9,13-14H2/b12-6+. The van der Waals surface area contributed by atoms with Crippen molar-refractivity contribution in [3.8, 4) is 0 Å². The summed E-state index contributed by atoms with van der Waals surface area (Å²) in [6, 6.07) is 18.4. The van der Waals surface area contributed by atoms with Crippen LogP contribution in [0.4, 0.5) is 0 Å². The van der Waals surface area contributed by atoms with Gasteiger partial charge in [-0.05, 0) is 29.2 Å². The first-order valence-electron chi connectivity index (χ1n) is 6.89. The van der Waals surface area contributed by atoms with Crippen LogP contribution < -0.4 is 0 Å². The van der Waals surface area contributed by atoms with Gasteiger partial charge in [0.1, 0.15) is 0 Å². The summed E-state index contributed by atoms with van der Waals surface area (Å²) in [5.41, 5.74) is 3.75. The van der Waals surface area contributed by atoms with Crippen LogP contribution in [0.5, 0.6) is 0 Å². The van der Waals surface area contributed by atoms with Crippen molar-refractivity contribution in [2.24, 2.45) is 0 Å². The molecular formula is C18H17NO. The van der Waals surface area contributed by atoms with Crippen molar-refractivity contribution in [1.29, 1.82) is 0 Å². The summed E-state index contributed by atoms with van der Waals surface area (Å²) in [6.45, 7) is 1.45. The summed E-state index contributed by atoms with van der Waals surface area (Å²) in [5, 5.41) is 0. The number of nitrogens with zero attached hydrogens (tertiary/aromatic N) is 1. The molecule has 0 N–H and O–H groups in total. The van der Waals surface area contributed by atoms with Crippen LogP contribution >= 0.6 is 0 Å². The van der Waals surface area contributed by atoms with Gasteiger partial charge < -0.3 is 4.90 Å². The quantitative estimate of drug-likeness (QED) is 0.778. The number of amides is 1. The summed E-state index contributed by atoms with van der Waals surface area (Å²) in [7, 11) is 0. The Labute approximate surface area is 119 Å². The predicted octanol–water partition coefficient (Wildman–Crippen LogP) is 3.33. The maximum Gasteiger partial charge on any atom is 0.246 e. The van der Waals surface area contributed by atoms with Gasteiger partial charge in [-0.2, -0.15) is 0 Å². The van der Waals surface area contributed by atoms with E-state index in [0.29, 0.717) is 0 Å². The van der Waals surface area contributed by atoms with Gasteiger partial charge in [-0.3, -0.25) is 4.79 Å². The van der Waals surface area contributed by atoms with Crippen LogP contribution in [0.3, 0.4) is 0 Å². The second-order valence-electron chi connectivity index (χ2n) is 5.06. The van der Waals surface area contributed by atoms with Crippen LogP contribution in [0.2, 0.25) is 0 Å². The Morgan fingerprint density at radius 2 is 1.55 bits per heavy atom. The van der Waals surface area contributed by atoms with Crippen LogP contribution in [-0.4, -0.2) is 10.8 Å². The van der Waals surface area contributed by atoms with E-state index in [4.69, 9.17) is 0 Å². The number of allylic oxidation sites excluding steroid dienone is 1. The molecule has 0 atom stereocenters. The summed E-state index contributed by atoms with van der Waals surface area (Å²) in [6.07, 6.45) is 4.44. The summed E-state index contributed by atoms with van der Waals surface area (Å²) in [5.74, 6) is 0.0946. The smallest absolute Gasteiger partial charge is 0.246 e. The molecule has 0 fully saturated rings. The third-order valence-corrected chi connectivity index (χ3v) is 3.61. The first-order chi connectivity index (χ1) is 9.83. The molecule has 0 spiro atoms. The van der Waals surface area contributed by atoms with Crippen LogP contribution in [0.25, 0.3) is 0 Å². The zero-order valence-electron chi connectivity index (χ0n) is 11.3. The molecule has 1 aliphatic rings. The fraction of sp³-hybridized carbons (Fsp3) is 0.167. The van der Waals surface area contributed by atoms with Crippen molar-refractivity contribution in [1.82, 2.24) is 4.90 Å². The summed E-state index contributed by atoms with van der Waals surface area (Å²) < 4.78 is 0. The van der Waals surface area contributed by atoms with E-state index in [2.05, 4.69) is 24.3 Å². The summed E-state index contributed by atoms with van der Waals surface area (Å²) in [4.78, 5) is 14.0. The number of benzene rings is 2. The minimum atomic E-state index is 0.0946. The third-order valence-electron chi connectivity index (χ3n) is 3.61. The van der Waals surface area contributed by atoms with Gasteiger partial charge in [-0.25, -0.2) is 0 Å². The van der Waals surface area contributed by atoms with Gasteiger partial charge in [0.15, 0.2) is 0 Å². The highest BCUT2D eigenvalue weighted by molar-refractivity contribution is 5.88. The predicted molar refractivity (Wildman–Crippen MR) is 80.0 cm³/mol. The lowest BCUT2D eigenvalue weighted by molar-refractivity contribution is -0.126. The Hall–Kier alpha value is -2.35. The van der Waals surface area contributed by atoms with E-state index < -0.39 is 0 Å². The molecule has 2 aromatic carbocycles. The minimum absolute atomic E-state index is 0.0946. The Morgan fingerprint density at radius 1 is 0.950 bits per heavy atom. The molecule has 2 heteroatoms. The second kappa shape index (κ2) is 5.74. The molecule has 0 unspecified atom stereocenters. The molecular weight excluding hydrogens is 246 g/mol. The molecule has 0 radical (unpaired) electrons. The maximum atomic E-state index is 12.1. The molecule has 1 aliphatic heterocycles. The van der Waals surface area contributed by atoms with Crippen LogP contribution in [0.1, 0.15) is 16.7 Å². The van der Waals surface area contributed by atoms with Gasteiger partial charge in [-0.1, -0.05) is 60.7 Å². The number of carbonyl (C=O) groups excluding carboxylic acids is 1. The summed E-state index contributed by atoms with van der Waals surface area (Å²) >= 11 is 0. The first kappa shape index (κ1) is 12.7. The Bertz CT molecular complexity index is 606. The lowest BCUT2D eigenvalue weighted by Gasteiger charge is -2.12. The average molecular weight is 263 g/mol. The zero-order valence-corrected chi connectivity index (χ0v) is 11.3. The average Bonchev–Trinajstić information content (AvgIpc) is 2.92. The van der Waals surface area contributed by atoms with Crippen LogP contribution in [0.15, 0.2) is 66.7 Å². The molecule has 0 saturated carbocycles. The number of hydrogen-bond acceptors (Lipinski definition) is 1. The lowest BCUT2D eigenvalue weighted by Crippen LogP contribution is -2.23. The number of carbonyl (C=O) groups is 1. The van der Waals surface area contributed by atoms with Crippen molar-refractivity contribution >= 4 is 5.91 Å². The van der Waals surface area contributed by atoms with Crippen molar-refractivity contribution in [3.63, 3.8) is 0 Å². The molecule has 0 aliphatic carbocycles. The van der Waals surface area contributed by atoms with E-state index in [9.17, 15) is 4.79 Å². The molecule has 2 nitrogen and oxygen atoms in total. The highest BCUT2D eigenvalue weighted by Gasteiger charge is 2.20. The van der Waals surface area contributed by atoms with Gasteiger partial charge >= 0.3 is 0 Å². The zero-order chi connectivity index (χ0) is 13.8. The van der Waals surface area contributed by atoms with E-state index in [-0.39, 0.29) is 5.91 Å². The normalized spacial score (nSPS) is 13.7. The Kier molecular flexibility index (Phi) is 3.64. The monoisotopic (exact) mass is 263 g/mol. The molecule has 20 heavy (non-hydrogen) atoms. The molecule has 0 saturated heterocycles. The van der Waals surface area contributed by atoms with Crippen molar-refractivity contribution < 1.29 is 4.79 Å². The third kappa shape index (κ3) is 2.80. The van der Waals surface area contributed by atoms with Gasteiger partial charge in [-0.15, -0.1) is 0 Å². The van der Waals surface area contributed by atoms with Gasteiger partial charge in [0.25, 0.3) is 0 Å². The molecule has 100 valence electrons. The minimum Gasteiger partial charge on any atom is -0.330 e. The molecule has 2 aromatic rings. The van der Waals surface area contributed by atoms with Crippen LogP contribution in [-0.2, 0) is 24.3 Å². The highest BCUT2D eigenvalue weighted by Crippen LogP contribution is 2.22. The number of rotatable bonds is 3. The van der Waals surface area contributed by atoms with E-state index in [1.165, 1.54) is 16.7 Å². The topological polar surface area (TPSA) is 20.3 Å².